The number of para-hydroxylation sites is 1. The lowest BCUT2D eigenvalue weighted by molar-refractivity contribution is 0.0294. The molecular formula is C22H22N4O3. The Kier molecular flexibility index (Phi) is 4.52. The van der Waals surface area contributed by atoms with Gasteiger partial charge in [0.2, 0.25) is 5.82 Å². The fraction of sp³-hybridized carbons (Fsp3) is 0.318. The van der Waals surface area contributed by atoms with Crippen molar-refractivity contribution in [3.8, 4) is 0 Å². The minimum atomic E-state index is -0.174. The van der Waals surface area contributed by atoms with Gasteiger partial charge in [-0.2, -0.15) is 0 Å². The number of imidazole rings is 1. The van der Waals surface area contributed by atoms with Gasteiger partial charge in [-0.15, -0.1) is 0 Å². The maximum absolute atomic E-state index is 13.5. The van der Waals surface area contributed by atoms with Crippen LogP contribution in [-0.4, -0.2) is 58.9 Å². The number of aryl methyl sites for hydroxylation is 1. The van der Waals surface area contributed by atoms with Gasteiger partial charge < -0.3 is 14.5 Å². The third kappa shape index (κ3) is 3.07. The first-order valence-corrected chi connectivity index (χ1v) is 9.98. The van der Waals surface area contributed by atoms with Gasteiger partial charge >= 0.3 is 0 Å². The average molecular weight is 390 g/mol. The number of carbonyl (C=O) groups excluding carboxylic acids is 2. The van der Waals surface area contributed by atoms with Gasteiger partial charge in [0.1, 0.15) is 0 Å². The van der Waals surface area contributed by atoms with E-state index in [1.54, 1.807) is 20.4 Å². The number of aromatic nitrogens is 2. The molecule has 1 saturated heterocycles. The molecule has 0 unspecified atom stereocenters. The molecule has 148 valence electrons. The summed E-state index contributed by atoms with van der Waals surface area (Å²) in [6, 6.07) is 13.5. The number of amides is 2. The first kappa shape index (κ1) is 17.9. The maximum Gasteiger partial charge on any atom is 0.290 e. The lowest BCUT2D eigenvalue weighted by Crippen LogP contribution is -2.41. The normalized spacial score (nSPS) is 16.7. The van der Waals surface area contributed by atoms with E-state index in [-0.39, 0.29) is 17.6 Å². The highest BCUT2D eigenvalue weighted by atomic mass is 16.5. The molecule has 0 atom stereocenters. The number of anilines is 1. The quantitative estimate of drug-likeness (QED) is 0.674. The highest BCUT2D eigenvalue weighted by Gasteiger charge is 2.30. The molecular weight excluding hydrogens is 368 g/mol. The minimum absolute atomic E-state index is 0.165. The summed E-state index contributed by atoms with van der Waals surface area (Å²) in [4.78, 5) is 34.7. The zero-order chi connectivity index (χ0) is 19.8. The molecule has 2 aromatic heterocycles. The molecule has 2 amide bonds. The van der Waals surface area contributed by atoms with Gasteiger partial charge in [0.25, 0.3) is 11.8 Å². The molecule has 5 rings (SSSR count). The van der Waals surface area contributed by atoms with Gasteiger partial charge in [-0.1, -0.05) is 24.3 Å². The second-order valence-electron chi connectivity index (χ2n) is 7.33. The molecule has 0 spiro atoms. The molecule has 0 saturated carbocycles. The highest BCUT2D eigenvalue weighted by Crippen LogP contribution is 2.29. The Hall–Kier alpha value is -3.19. The van der Waals surface area contributed by atoms with Crippen LogP contribution in [0.15, 0.2) is 48.7 Å². The Morgan fingerprint density at radius 2 is 1.72 bits per heavy atom. The van der Waals surface area contributed by atoms with E-state index in [0.717, 1.165) is 18.5 Å². The van der Waals surface area contributed by atoms with Crippen LogP contribution in [0.5, 0.6) is 0 Å². The second kappa shape index (κ2) is 7.33. The van der Waals surface area contributed by atoms with Crippen molar-refractivity contribution in [3.05, 3.63) is 65.7 Å². The molecule has 0 aliphatic carbocycles. The van der Waals surface area contributed by atoms with Crippen LogP contribution in [0.25, 0.3) is 5.52 Å². The monoisotopic (exact) mass is 390 g/mol. The standard InChI is InChI=1S/C22H22N4O3/c27-21(26-11-5-7-16-6-1-2-8-17(16)26)19-18-9-3-4-10-25(18)20(23-19)22(28)24-12-14-29-15-13-24/h1-4,6,8-10H,5,7,11-15H2. The van der Waals surface area contributed by atoms with E-state index in [1.807, 2.05) is 36.4 Å². The zero-order valence-corrected chi connectivity index (χ0v) is 16.1. The number of carbonyl (C=O) groups is 2. The maximum atomic E-state index is 13.5. The predicted molar refractivity (Wildman–Crippen MR) is 108 cm³/mol. The van der Waals surface area contributed by atoms with Crippen molar-refractivity contribution in [1.29, 1.82) is 0 Å². The molecule has 1 fully saturated rings. The van der Waals surface area contributed by atoms with Gasteiger partial charge in [-0.3, -0.25) is 14.0 Å². The van der Waals surface area contributed by atoms with Crippen molar-refractivity contribution in [2.24, 2.45) is 0 Å². The Balaban J connectivity index is 1.56. The predicted octanol–water partition coefficient (Wildman–Crippen LogP) is 2.40. The molecule has 3 aromatic rings. The van der Waals surface area contributed by atoms with Crippen molar-refractivity contribution in [3.63, 3.8) is 0 Å². The number of nitrogens with zero attached hydrogens (tertiary/aromatic N) is 4. The minimum Gasteiger partial charge on any atom is -0.378 e. The van der Waals surface area contributed by atoms with E-state index >= 15 is 0 Å². The number of rotatable bonds is 2. The lowest BCUT2D eigenvalue weighted by Gasteiger charge is -2.29. The van der Waals surface area contributed by atoms with E-state index < -0.39 is 0 Å². The number of hydrogen-bond acceptors (Lipinski definition) is 4. The molecule has 0 N–H and O–H groups in total. The van der Waals surface area contributed by atoms with Gasteiger partial charge in [-0.25, -0.2) is 4.98 Å². The fourth-order valence-corrected chi connectivity index (χ4v) is 4.13. The fourth-order valence-electron chi connectivity index (χ4n) is 4.13. The summed E-state index contributed by atoms with van der Waals surface area (Å²) >= 11 is 0. The summed E-state index contributed by atoms with van der Waals surface area (Å²) in [5, 5.41) is 0. The van der Waals surface area contributed by atoms with E-state index in [0.29, 0.717) is 44.1 Å². The Morgan fingerprint density at radius 3 is 2.59 bits per heavy atom. The summed E-state index contributed by atoms with van der Waals surface area (Å²) < 4.78 is 7.07. The van der Waals surface area contributed by atoms with E-state index in [4.69, 9.17) is 4.74 Å². The molecule has 29 heavy (non-hydrogen) atoms. The highest BCUT2D eigenvalue weighted by molar-refractivity contribution is 6.10. The molecule has 0 bridgehead atoms. The molecule has 7 nitrogen and oxygen atoms in total. The smallest absolute Gasteiger partial charge is 0.290 e. The van der Waals surface area contributed by atoms with Crippen LogP contribution < -0.4 is 4.90 Å². The van der Waals surface area contributed by atoms with Gasteiger partial charge in [0.05, 0.1) is 18.7 Å². The average Bonchev–Trinajstić information content (AvgIpc) is 3.18. The van der Waals surface area contributed by atoms with Crippen molar-refractivity contribution in [2.75, 3.05) is 37.7 Å². The summed E-state index contributed by atoms with van der Waals surface area (Å²) in [7, 11) is 0. The van der Waals surface area contributed by atoms with Crippen molar-refractivity contribution in [2.45, 2.75) is 12.8 Å². The van der Waals surface area contributed by atoms with Crippen LogP contribution in [0.1, 0.15) is 33.1 Å². The molecule has 4 heterocycles. The SMILES string of the molecule is O=C(c1nc(C(=O)N2CCCc3ccccc32)c2ccccn12)N1CCOCC1. The number of ether oxygens (including phenoxy) is 1. The Morgan fingerprint density at radius 1 is 0.931 bits per heavy atom. The first-order chi connectivity index (χ1) is 14.2. The van der Waals surface area contributed by atoms with Crippen LogP contribution in [0.2, 0.25) is 0 Å². The summed E-state index contributed by atoms with van der Waals surface area (Å²) in [6.45, 7) is 2.75. The Labute approximate surface area is 168 Å². The number of fused-ring (bicyclic) bond motifs is 2. The van der Waals surface area contributed by atoms with Gasteiger partial charge in [0, 0.05) is 31.5 Å². The molecule has 1 aromatic carbocycles. The number of pyridine rings is 1. The molecule has 2 aliphatic rings. The molecule has 7 heteroatoms. The summed E-state index contributed by atoms with van der Waals surface area (Å²) in [5.74, 6) is -0.0642. The summed E-state index contributed by atoms with van der Waals surface area (Å²) in [5.41, 5.74) is 3.07. The van der Waals surface area contributed by atoms with Crippen LogP contribution >= 0.6 is 0 Å². The third-order valence-corrected chi connectivity index (χ3v) is 5.60. The van der Waals surface area contributed by atoms with Crippen molar-refractivity contribution >= 4 is 23.0 Å². The second-order valence-corrected chi connectivity index (χ2v) is 7.33. The summed E-state index contributed by atoms with van der Waals surface area (Å²) in [6.07, 6.45) is 3.66. The van der Waals surface area contributed by atoms with Crippen LogP contribution in [0, 0.1) is 0 Å². The molecule has 2 aliphatic heterocycles. The first-order valence-electron chi connectivity index (χ1n) is 9.98. The largest absolute Gasteiger partial charge is 0.378 e. The van der Waals surface area contributed by atoms with E-state index in [1.165, 1.54) is 5.56 Å². The number of morpholine rings is 1. The third-order valence-electron chi connectivity index (χ3n) is 5.60. The number of hydrogen-bond donors (Lipinski definition) is 0. The topological polar surface area (TPSA) is 67.2 Å². The van der Waals surface area contributed by atoms with Crippen molar-refractivity contribution < 1.29 is 14.3 Å². The Bertz CT molecular complexity index is 1080. The van der Waals surface area contributed by atoms with E-state index in [9.17, 15) is 9.59 Å². The van der Waals surface area contributed by atoms with Crippen LogP contribution in [0.3, 0.4) is 0 Å². The van der Waals surface area contributed by atoms with Crippen molar-refractivity contribution in [1.82, 2.24) is 14.3 Å². The van der Waals surface area contributed by atoms with Gasteiger partial charge in [0.15, 0.2) is 5.69 Å². The zero-order valence-electron chi connectivity index (χ0n) is 16.1. The lowest BCUT2D eigenvalue weighted by atomic mass is 10.0. The van der Waals surface area contributed by atoms with Crippen LogP contribution in [-0.2, 0) is 11.2 Å². The molecule has 0 radical (unpaired) electrons. The van der Waals surface area contributed by atoms with Crippen LogP contribution in [0.4, 0.5) is 5.69 Å². The van der Waals surface area contributed by atoms with Gasteiger partial charge in [-0.05, 0) is 36.6 Å². The number of benzene rings is 1. The van der Waals surface area contributed by atoms with E-state index in [2.05, 4.69) is 11.1 Å².